The van der Waals surface area contributed by atoms with Crippen LogP contribution in [0.2, 0.25) is 0 Å². The highest BCUT2D eigenvalue weighted by molar-refractivity contribution is 7.99. The van der Waals surface area contributed by atoms with Gasteiger partial charge in [-0.15, -0.1) is 0 Å². The summed E-state index contributed by atoms with van der Waals surface area (Å²) in [6.45, 7) is 1.34. The Morgan fingerprint density at radius 3 is 2.64 bits per heavy atom. The Balaban J connectivity index is 0.000000791. The van der Waals surface area contributed by atoms with Crippen LogP contribution >= 0.6 is 11.8 Å². The smallest absolute Gasteiger partial charge is 0.166 e. The van der Waals surface area contributed by atoms with Crippen molar-refractivity contribution in [2.45, 2.75) is 12.3 Å². The molecule has 3 N–H and O–H groups in total. The maximum atomic E-state index is 10.1. The first kappa shape index (κ1) is 13.9. The van der Waals surface area contributed by atoms with Crippen LogP contribution in [0.3, 0.4) is 0 Å². The average Bonchev–Trinajstić information content (AvgIpc) is 2.73. The summed E-state index contributed by atoms with van der Waals surface area (Å²) < 4.78 is 10.4. The number of carbonyl (C=O) groups excluding carboxylic acids is 1. The van der Waals surface area contributed by atoms with Crippen LogP contribution in [0.4, 0.5) is 0 Å². The van der Waals surface area contributed by atoms with Gasteiger partial charge in [0.2, 0.25) is 0 Å². The standard InChI is InChI=1S/C7H13NO3S.CH4O/c8-6(3-9)4-12-5-7-10-1-2-11-7;1-2/h3,6-7H,1-2,4-5,8H2;2H,1H3. The molecule has 5 nitrogen and oxygen atoms in total. The molecule has 1 fully saturated rings. The summed E-state index contributed by atoms with van der Waals surface area (Å²) in [6, 6.07) is -0.364. The van der Waals surface area contributed by atoms with Crippen molar-refractivity contribution >= 4 is 18.0 Å². The molecule has 0 aliphatic carbocycles. The minimum atomic E-state index is -0.364. The zero-order valence-electron chi connectivity index (χ0n) is 8.22. The molecule has 0 aromatic heterocycles. The summed E-state index contributed by atoms with van der Waals surface area (Å²) >= 11 is 1.58. The minimum Gasteiger partial charge on any atom is -0.400 e. The molecule has 14 heavy (non-hydrogen) atoms. The second-order valence-electron chi connectivity index (χ2n) is 2.51. The number of rotatable bonds is 5. The molecule has 1 rings (SSSR count). The van der Waals surface area contributed by atoms with Crippen LogP contribution in [0.25, 0.3) is 0 Å². The van der Waals surface area contributed by atoms with Gasteiger partial charge in [0.15, 0.2) is 6.29 Å². The maximum absolute atomic E-state index is 10.1. The van der Waals surface area contributed by atoms with Crippen LogP contribution in [0, 0.1) is 0 Å². The number of ether oxygens (including phenoxy) is 2. The summed E-state index contributed by atoms with van der Waals surface area (Å²) in [5.74, 6) is 1.38. The van der Waals surface area contributed by atoms with E-state index in [1.165, 1.54) is 0 Å². The summed E-state index contributed by atoms with van der Waals surface area (Å²) in [5, 5.41) is 7.00. The van der Waals surface area contributed by atoms with E-state index < -0.39 is 0 Å². The van der Waals surface area contributed by atoms with Crippen molar-refractivity contribution in [1.29, 1.82) is 0 Å². The first-order valence-electron chi connectivity index (χ1n) is 4.29. The van der Waals surface area contributed by atoms with Gasteiger partial charge in [-0.05, 0) is 0 Å². The highest BCUT2D eigenvalue weighted by atomic mass is 32.2. The van der Waals surface area contributed by atoms with Gasteiger partial charge in [0.1, 0.15) is 6.29 Å². The molecular weight excluding hydrogens is 206 g/mol. The highest BCUT2D eigenvalue weighted by Gasteiger charge is 2.15. The summed E-state index contributed by atoms with van der Waals surface area (Å²) in [7, 11) is 1.00. The van der Waals surface area contributed by atoms with Gasteiger partial charge < -0.3 is 25.1 Å². The van der Waals surface area contributed by atoms with E-state index in [9.17, 15) is 4.79 Å². The normalized spacial score (nSPS) is 18.5. The van der Waals surface area contributed by atoms with Gasteiger partial charge in [0.25, 0.3) is 0 Å². The van der Waals surface area contributed by atoms with Crippen molar-refractivity contribution in [2.24, 2.45) is 5.73 Å². The second-order valence-corrected chi connectivity index (χ2v) is 3.58. The molecule has 0 amide bonds. The van der Waals surface area contributed by atoms with Crippen molar-refractivity contribution < 1.29 is 19.4 Å². The number of carbonyl (C=O) groups is 1. The van der Waals surface area contributed by atoms with Crippen molar-refractivity contribution in [1.82, 2.24) is 0 Å². The van der Waals surface area contributed by atoms with Gasteiger partial charge in [0, 0.05) is 18.6 Å². The number of nitrogens with two attached hydrogens (primary N) is 1. The van der Waals surface area contributed by atoms with Crippen LogP contribution in [0.5, 0.6) is 0 Å². The van der Waals surface area contributed by atoms with Gasteiger partial charge in [-0.2, -0.15) is 11.8 Å². The fourth-order valence-electron chi connectivity index (χ4n) is 0.843. The molecule has 1 atom stereocenters. The lowest BCUT2D eigenvalue weighted by atomic mass is 10.4. The summed E-state index contributed by atoms with van der Waals surface area (Å²) in [6.07, 6.45) is 0.650. The zero-order chi connectivity index (χ0) is 10.8. The van der Waals surface area contributed by atoms with E-state index in [1.807, 2.05) is 0 Å². The molecule has 1 saturated heterocycles. The van der Waals surface area contributed by atoms with Gasteiger partial charge in [-0.3, -0.25) is 0 Å². The van der Waals surface area contributed by atoms with E-state index in [0.29, 0.717) is 19.0 Å². The van der Waals surface area contributed by atoms with E-state index in [-0.39, 0.29) is 12.3 Å². The van der Waals surface area contributed by atoms with Crippen molar-refractivity contribution in [3.63, 3.8) is 0 Å². The van der Waals surface area contributed by atoms with Crippen LogP contribution in [0.1, 0.15) is 0 Å². The lowest BCUT2D eigenvalue weighted by Gasteiger charge is -2.08. The lowest BCUT2D eigenvalue weighted by Crippen LogP contribution is -2.25. The molecule has 84 valence electrons. The predicted octanol–water partition coefficient (Wildman–Crippen LogP) is -0.773. The second kappa shape index (κ2) is 9.42. The van der Waals surface area contributed by atoms with E-state index >= 15 is 0 Å². The molecule has 0 aromatic rings. The quantitative estimate of drug-likeness (QED) is 0.595. The summed E-state index contributed by atoms with van der Waals surface area (Å²) in [4.78, 5) is 10.1. The fraction of sp³-hybridized carbons (Fsp3) is 0.875. The van der Waals surface area contributed by atoms with E-state index in [1.54, 1.807) is 11.8 Å². The van der Waals surface area contributed by atoms with Crippen molar-refractivity contribution in [3.8, 4) is 0 Å². The molecular formula is C8H17NO4S. The van der Waals surface area contributed by atoms with Gasteiger partial charge in [-0.1, -0.05) is 0 Å². The molecule has 1 unspecified atom stereocenters. The monoisotopic (exact) mass is 223 g/mol. The Bertz CT molecular complexity index is 141. The van der Waals surface area contributed by atoms with Gasteiger partial charge in [0.05, 0.1) is 19.3 Å². The first-order valence-corrected chi connectivity index (χ1v) is 5.45. The van der Waals surface area contributed by atoms with Gasteiger partial charge in [-0.25, -0.2) is 0 Å². The molecule has 0 radical (unpaired) electrons. The zero-order valence-corrected chi connectivity index (χ0v) is 9.03. The van der Waals surface area contributed by atoms with Crippen LogP contribution in [-0.4, -0.2) is 55.6 Å². The number of aliphatic hydroxyl groups excluding tert-OH is 1. The van der Waals surface area contributed by atoms with E-state index in [0.717, 1.165) is 19.1 Å². The Labute approximate surface area is 87.9 Å². The molecule has 1 heterocycles. The maximum Gasteiger partial charge on any atom is 0.166 e. The topological polar surface area (TPSA) is 81.8 Å². The predicted molar refractivity (Wildman–Crippen MR) is 55.2 cm³/mol. The first-order chi connectivity index (χ1) is 6.83. The molecule has 1 aliphatic heterocycles. The minimum absolute atomic E-state index is 0.103. The Morgan fingerprint density at radius 2 is 2.14 bits per heavy atom. The number of hydrogen-bond donors (Lipinski definition) is 2. The van der Waals surface area contributed by atoms with Crippen LogP contribution < -0.4 is 5.73 Å². The summed E-state index contributed by atoms with van der Waals surface area (Å²) in [5.41, 5.74) is 5.39. The largest absolute Gasteiger partial charge is 0.400 e. The SMILES string of the molecule is CO.NC(C=O)CSCC1OCCO1. The van der Waals surface area contributed by atoms with E-state index in [2.05, 4.69) is 0 Å². The molecule has 0 bridgehead atoms. The molecule has 0 saturated carbocycles. The van der Waals surface area contributed by atoms with Crippen LogP contribution in [-0.2, 0) is 14.3 Å². The third kappa shape index (κ3) is 6.33. The molecule has 6 heteroatoms. The van der Waals surface area contributed by atoms with Crippen molar-refractivity contribution in [3.05, 3.63) is 0 Å². The third-order valence-electron chi connectivity index (χ3n) is 1.43. The van der Waals surface area contributed by atoms with E-state index in [4.69, 9.17) is 20.3 Å². The average molecular weight is 223 g/mol. The van der Waals surface area contributed by atoms with Crippen LogP contribution in [0.15, 0.2) is 0 Å². The van der Waals surface area contributed by atoms with Crippen molar-refractivity contribution in [2.75, 3.05) is 31.8 Å². The number of aldehydes is 1. The fourth-order valence-corrected chi connectivity index (χ4v) is 1.71. The number of hydrogen-bond acceptors (Lipinski definition) is 6. The third-order valence-corrected chi connectivity index (χ3v) is 2.56. The highest BCUT2D eigenvalue weighted by Crippen LogP contribution is 2.11. The Kier molecular flexibility index (Phi) is 9.32. The number of aliphatic hydroxyl groups is 1. The Hall–Kier alpha value is -0.140. The Morgan fingerprint density at radius 1 is 1.57 bits per heavy atom. The lowest BCUT2D eigenvalue weighted by molar-refractivity contribution is -0.108. The molecule has 1 aliphatic rings. The van der Waals surface area contributed by atoms with Gasteiger partial charge >= 0.3 is 0 Å². The molecule has 0 spiro atoms. The molecule has 0 aromatic carbocycles. The number of thioether (sulfide) groups is 1.